The number of aromatic nitrogens is 1. The number of rotatable bonds is 6. The van der Waals surface area contributed by atoms with Gasteiger partial charge in [-0.3, -0.25) is 4.90 Å². The first-order valence-corrected chi connectivity index (χ1v) is 10.4. The number of halogens is 3. The summed E-state index contributed by atoms with van der Waals surface area (Å²) in [5, 5.41) is 9.80. The molecule has 0 aliphatic carbocycles. The quantitative estimate of drug-likeness (QED) is 0.537. The predicted molar refractivity (Wildman–Crippen MR) is 117 cm³/mol. The molecule has 2 aromatic carbocycles. The van der Waals surface area contributed by atoms with Gasteiger partial charge in [-0.25, -0.2) is 4.79 Å². The van der Waals surface area contributed by atoms with Crippen LogP contribution in [-0.4, -0.2) is 59.9 Å². The van der Waals surface area contributed by atoms with Crippen molar-refractivity contribution >= 4 is 16.9 Å². The minimum Gasteiger partial charge on any atom is -0.493 e. The summed E-state index contributed by atoms with van der Waals surface area (Å²) >= 11 is 0. The smallest absolute Gasteiger partial charge is 0.401 e. The number of nitrogens with zero attached hydrogens (tertiary/aromatic N) is 1. The number of methoxy groups -OCH3 is 1. The average Bonchev–Trinajstić information content (AvgIpc) is 3.26. The molecule has 6 nitrogen and oxygen atoms in total. The van der Waals surface area contributed by atoms with Gasteiger partial charge in [-0.1, -0.05) is 12.1 Å². The van der Waals surface area contributed by atoms with E-state index in [4.69, 9.17) is 13.6 Å². The van der Waals surface area contributed by atoms with E-state index in [2.05, 4.69) is 4.98 Å². The second kappa shape index (κ2) is 8.97. The van der Waals surface area contributed by atoms with Crippen LogP contribution in [0.2, 0.25) is 0 Å². The summed E-state index contributed by atoms with van der Waals surface area (Å²) in [5.74, 6) is -1.45. The lowest BCUT2D eigenvalue weighted by molar-refractivity contribution is -0.150. The van der Waals surface area contributed by atoms with Crippen molar-refractivity contribution in [2.45, 2.75) is 31.5 Å². The van der Waals surface area contributed by atoms with Crippen LogP contribution in [0.15, 0.2) is 42.6 Å². The molecule has 1 aliphatic heterocycles. The minimum atomic E-state index is -4.37. The first-order chi connectivity index (χ1) is 16.8. The number of ether oxygens (including phenoxy) is 2. The van der Waals surface area contributed by atoms with Crippen molar-refractivity contribution in [3.63, 3.8) is 0 Å². The second-order valence-electron chi connectivity index (χ2n) is 8.22. The highest BCUT2D eigenvalue weighted by atomic mass is 19.4. The Hall–Kier alpha value is -3.20. The Balaban J connectivity index is 1.72. The summed E-state index contributed by atoms with van der Waals surface area (Å²) < 4.78 is 73.7. The zero-order valence-electron chi connectivity index (χ0n) is 20.8. The maximum absolute atomic E-state index is 13.1. The van der Waals surface area contributed by atoms with Crippen LogP contribution in [0.1, 0.15) is 37.9 Å². The van der Waals surface area contributed by atoms with Gasteiger partial charge in [-0.05, 0) is 48.7 Å². The van der Waals surface area contributed by atoms with Crippen LogP contribution in [0, 0.1) is 6.92 Å². The molecule has 0 radical (unpaired) electrons. The minimum absolute atomic E-state index is 0.0114. The molecule has 0 saturated carbocycles. The molecule has 1 aromatic heterocycles. The summed E-state index contributed by atoms with van der Waals surface area (Å²) in [6.45, 7) is 0.848. The van der Waals surface area contributed by atoms with Crippen LogP contribution in [0.5, 0.6) is 11.5 Å². The number of aryl methyl sites for hydroxylation is 1. The molecule has 1 fully saturated rings. The van der Waals surface area contributed by atoms with Gasteiger partial charge in [-0.2, -0.15) is 13.2 Å². The first kappa shape index (κ1) is 19.3. The fourth-order valence-corrected chi connectivity index (χ4v) is 4.43. The number of H-pyrrole nitrogens is 1. The van der Waals surface area contributed by atoms with E-state index in [1.807, 2.05) is 0 Å². The number of carbonyl (C=O) groups is 1. The highest BCUT2D eigenvalue weighted by Crippen LogP contribution is 2.41. The summed E-state index contributed by atoms with van der Waals surface area (Å²) in [6, 6.07) is 9.22. The standard InChI is InChI=1S/C24H25F3N2O4/c1-14-11-20(32-2)22(17-7-9-28-21(14)17)33-19-8-10-29(13-24(25,26)27)12-18(19)15-3-5-16(6-4-15)23(30)31/h3-7,9,11,18-19,28H,8,10,12-13H2,1-2H3,(H,30,31)/t18-,19+/m0/s1/i2D3. The molecule has 2 heterocycles. The van der Waals surface area contributed by atoms with Crippen molar-refractivity contribution in [3.05, 3.63) is 59.3 Å². The Morgan fingerprint density at radius 2 is 2.06 bits per heavy atom. The molecule has 0 unspecified atom stereocenters. The van der Waals surface area contributed by atoms with Crippen molar-refractivity contribution in [3.8, 4) is 11.5 Å². The Labute approximate surface area is 193 Å². The Morgan fingerprint density at radius 1 is 1.30 bits per heavy atom. The van der Waals surface area contributed by atoms with Crippen LogP contribution in [-0.2, 0) is 0 Å². The third-order valence-electron chi connectivity index (χ3n) is 5.96. The zero-order chi connectivity index (χ0) is 26.3. The van der Waals surface area contributed by atoms with Crippen molar-refractivity contribution in [2.75, 3.05) is 26.7 Å². The lowest BCUT2D eigenvalue weighted by atomic mass is 9.87. The van der Waals surface area contributed by atoms with Crippen LogP contribution in [0.4, 0.5) is 13.2 Å². The second-order valence-corrected chi connectivity index (χ2v) is 8.22. The SMILES string of the molecule is [2H]C([2H])([2H])Oc1cc(C)c2[nH]ccc2c1O[C@@H]1CCN(CC(F)(F)F)C[C@H]1c1ccc(C(=O)O)cc1. The van der Waals surface area contributed by atoms with Gasteiger partial charge in [0.15, 0.2) is 11.5 Å². The Kier molecular flexibility index (Phi) is 5.24. The number of carboxylic acid groups (broad SMARTS) is 1. The normalized spacial score (nSPS) is 21.3. The number of hydrogen-bond acceptors (Lipinski definition) is 4. The predicted octanol–water partition coefficient (Wildman–Crippen LogP) is 4.98. The largest absolute Gasteiger partial charge is 0.493 e. The number of piperidine rings is 1. The molecule has 0 spiro atoms. The van der Waals surface area contributed by atoms with Crippen molar-refractivity contribution < 1.29 is 36.7 Å². The molecule has 0 bridgehead atoms. The number of likely N-dealkylation sites (tertiary alicyclic amines) is 1. The lowest BCUT2D eigenvalue weighted by Crippen LogP contribution is -2.47. The number of carboxylic acids is 1. The van der Waals surface area contributed by atoms with Gasteiger partial charge in [0, 0.05) is 30.6 Å². The molecule has 0 amide bonds. The molecule has 176 valence electrons. The van der Waals surface area contributed by atoms with E-state index < -0.39 is 37.8 Å². The molecule has 4 rings (SSSR count). The lowest BCUT2D eigenvalue weighted by Gasteiger charge is -2.39. The average molecular weight is 465 g/mol. The monoisotopic (exact) mass is 465 g/mol. The van der Waals surface area contributed by atoms with E-state index >= 15 is 0 Å². The van der Waals surface area contributed by atoms with Crippen molar-refractivity contribution in [2.24, 2.45) is 0 Å². The third kappa shape index (κ3) is 4.93. The Bertz CT molecular complexity index is 1240. The fraction of sp³-hybridized carbons (Fsp3) is 0.375. The van der Waals surface area contributed by atoms with E-state index in [1.165, 1.54) is 17.0 Å². The van der Waals surface area contributed by atoms with E-state index in [0.29, 0.717) is 10.9 Å². The third-order valence-corrected chi connectivity index (χ3v) is 5.96. The highest BCUT2D eigenvalue weighted by molar-refractivity contribution is 5.91. The molecular formula is C24H25F3N2O4. The summed E-state index contributed by atoms with van der Waals surface area (Å²) in [4.78, 5) is 15.6. The molecule has 1 saturated heterocycles. The molecule has 33 heavy (non-hydrogen) atoms. The van der Waals surface area contributed by atoms with Gasteiger partial charge < -0.3 is 19.6 Å². The van der Waals surface area contributed by atoms with E-state index in [1.54, 1.807) is 37.4 Å². The topological polar surface area (TPSA) is 74.8 Å². The zero-order valence-corrected chi connectivity index (χ0v) is 17.8. The van der Waals surface area contributed by atoms with Gasteiger partial charge in [0.2, 0.25) is 0 Å². The maximum atomic E-state index is 13.1. The summed E-state index contributed by atoms with van der Waals surface area (Å²) in [7, 11) is -2.74. The molecule has 9 heteroatoms. The van der Waals surface area contributed by atoms with Crippen LogP contribution >= 0.6 is 0 Å². The molecule has 2 N–H and O–H groups in total. The van der Waals surface area contributed by atoms with E-state index in [-0.39, 0.29) is 36.6 Å². The van der Waals surface area contributed by atoms with Crippen molar-refractivity contribution in [1.29, 1.82) is 0 Å². The highest BCUT2D eigenvalue weighted by Gasteiger charge is 2.38. The molecule has 3 aromatic rings. The van der Waals surface area contributed by atoms with Gasteiger partial charge >= 0.3 is 12.1 Å². The maximum Gasteiger partial charge on any atom is 0.401 e. The summed E-state index contributed by atoms with van der Waals surface area (Å²) in [5.41, 5.74) is 2.13. The molecular weight excluding hydrogens is 437 g/mol. The number of aromatic amines is 1. The number of benzene rings is 2. The number of nitrogens with one attached hydrogen (secondary N) is 1. The van der Waals surface area contributed by atoms with Crippen molar-refractivity contribution in [1.82, 2.24) is 9.88 Å². The van der Waals surface area contributed by atoms with Gasteiger partial charge in [0.1, 0.15) is 6.10 Å². The van der Waals surface area contributed by atoms with Gasteiger partial charge in [-0.15, -0.1) is 0 Å². The number of fused-ring (bicyclic) bond motifs is 1. The van der Waals surface area contributed by atoms with E-state index in [0.717, 1.165) is 11.1 Å². The fourth-order valence-electron chi connectivity index (χ4n) is 4.43. The number of hydrogen-bond donors (Lipinski definition) is 2. The number of aromatic carboxylic acids is 1. The number of alkyl halides is 3. The summed E-state index contributed by atoms with van der Waals surface area (Å²) in [6.07, 6.45) is -3.09. The first-order valence-electron chi connectivity index (χ1n) is 11.9. The van der Waals surface area contributed by atoms with Crippen LogP contribution < -0.4 is 9.47 Å². The Morgan fingerprint density at radius 3 is 2.73 bits per heavy atom. The van der Waals surface area contributed by atoms with Crippen LogP contribution in [0.25, 0.3) is 10.9 Å². The van der Waals surface area contributed by atoms with Crippen LogP contribution in [0.3, 0.4) is 0 Å². The van der Waals surface area contributed by atoms with Gasteiger partial charge in [0.25, 0.3) is 0 Å². The molecule has 1 aliphatic rings. The molecule has 2 atom stereocenters. The van der Waals surface area contributed by atoms with E-state index in [9.17, 15) is 23.1 Å². The van der Waals surface area contributed by atoms with Gasteiger partial charge in [0.05, 0.1) is 28.8 Å².